The van der Waals surface area contributed by atoms with Gasteiger partial charge in [-0.2, -0.15) is 0 Å². The first-order chi connectivity index (χ1) is 6.09. The monoisotopic (exact) mass is 247 g/mol. The molecule has 13 heavy (non-hydrogen) atoms. The molecular weight excluding hydrogens is 240 g/mol. The third kappa shape index (κ3) is 1.60. The van der Waals surface area contributed by atoms with Crippen molar-refractivity contribution in [1.82, 2.24) is 0 Å². The van der Waals surface area contributed by atoms with Crippen LogP contribution in [-0.2, 0) is 0 Å². The summed E-state index contributed by atoms with van der Waals surface area (Å²) in [6.07, 6.45) is 0.851. The third-order valence-electron chi connectivity index (χ3n) is 2.28. The standard InChI is InChI=1S/C9H8BrF2N/c10-6-3-8(12)7(11)1-4(6)5-2-9(5)13/h1,3,5,9H,2,13H2/t5-,9+/m0/s1. The molecule has 1 aromatic rings. The third-order valence-corrected chi connectivity index (χ3v) is 2.97. The summed E-state index contributed by atoms with van der Waals surface area (Å²) in [5.41, 5.74) is 6.39. The van der Waals surface area contributed by atoms with E-state index < -0.39 is 11.6 Å². The molecule has 0 unspecified atom stereocenters. The Hall–Kier alpha value is -0.480. The summed E-state index contributed by atoms with van der Waals surface area (Å²) in [5, 5.41) is 0. The van der Waals surface area contributed by atoms with E-state index in [0.29, 0.717) is 4.47 Å². The van der Waals surface area contributed by atoms with E-state index in [1.54, 1.807) is 0 Å². The van der Waals surface area contributed by atoms with Gasteiger partial charge in [-0.1, -0.05) is 15.9 Å². The van der Waals surface area contributed by atoms with Gasteiger partial charge in [-0.05, 0) is 24.1 Å². The lowest BCUT2D eigenvalue weighted by Crippen LogP contribution is -2.02. The molecule has 0 amide bonds. The van der Waals surface area contributed by atoms with Crippen molar-refractivity contribution in [2.24, 2.45) is 5.73 Å². The van der Waals surface area contributed by atoms with Crippen molar-refractivity contribution in [3.8, 4) is 0 Å². The molecule has 0 spiro atoms. The van der Waals surface area contributed by atoms with Crippen molar-refractivity contribution in [2.45, 2.75) is 18.4 Å². The van der Waals surface area contributed by atoms with Crippen LogP contribution in [0.25, 0.3) is 0 Å². The number of rotatable bonds is 1. The van der Waals surface area contributed by atoms with Gasteiger partial charge in [-0.3, -0.25) is 0 Å². The Bertz CT molecular complexity index is 354. The SMILES string of the molecule is N[C@@H]1C[C@H]1c1cc(F)c(F)cc1Br. The fourth-order valence-corrected chi connectivity index (χ4v) is 2.00. The molecule has 2 atom stereocenters. The molecule has 1 fully saturated rings. The van der Waals surface area contributed by atoms with Crippen LogP contribution in [0.2, 0.25) is 0 Å². The van der Waals surface area contributed by atoms with Gasteiger partial charge in [0.15, 0.2) is 11.6 Å². The van der Waals surface area contributed by atoms with Gasteiger partial charge in [0.05, 0.1) is 0 Å². The van der Waals surface area contributed by atoms with Crippen molar-refractivity contribution < 1.29 is 8.78 Å². The molecule has 70 valence electrons. The van der Waals surface area contributed by atoms with Crippen molar-refractivity contribution in [1.29, 1.82) is 0 Å². The Labute approximate surface area is 83.1 Å². The van der Waals surface area contributed by atoms with Crippen LogP contribution in [0.15, 0.2) is 16.6 Å². The summed E-state index contributed by atoms with van der Waals surface area (Å²) in [4.78, 5) is 0. The first-order valence-electron chi connectivity index (χ1n) is 3.99. The van der Waals surface area contributed by atoms with Gasteiger partial charge in [0, 0.05) is 16.4 Å². The molecule has 4 heteroatoms. The summed E-state index contributed by atoms with van der Waals surface area (Å²) in [7, 11) is 0. The number of nitrogens with two attached hydrogens (primary N) is 1. The molecule has 1 aliphatic carbocycles. The van der Waals surface area contributed by atoms with Crippen LogP contribution in [0.3, 0.4) is 0 Å². The van der Waals surface area contributed by atoms with E-state index in [4.69, 9.17) is 5.73 Å². The van der Waals surface area contributed by atoms with Crippen molar-refractivity contribution in [3.63, 3.8) is 0 Å². The molecule has 1 nitrogen and oxygen atoms in total. The van der Waals surface area contributed by atoms with E-state index in [0.717, 1.165) is 18.1 Å². The van der Waals surface area contributed by atoms with Gasteiger partial charge in [0.2, 0.25) is 0 Å². The Balaban J connectivity index is 2.41. The second-order valence-corrected chi connectivity index (χ2v) is 4.15. The highest BCUT2D eigenvalue weighted by molar-refractivity contribution is 9.10. The molecule has 1 aliphatic rings. The molecule has 1 saturated carbocycles. The molecule has 0 aromatic heterocycles. The maximum Gasteiger partial charge on any atom is 0.159 e. The lowest BCUT2D eigenvalue weighted by Gasteiger charge is -2.03. The smallest absolute Gasteiger partial charge is 0.159 e. The van der Waals surface area contributed by atoms with Gasteiger partial charge < -0.3 is 5.73 Å². The lowest BCUT2D eigenvalue weighted by molar-refractivity contribution is 0.506. The van der Waals surface area contributed by atoms with Crippen molar-refractivity contribution >= 4 is 15.9 Å². The lowest BCUT2D eigenvalue weighted by atomic mass is 10.1. The van der Waals surface area contributed by atoms with Crippen LogP contribution in [0.4, 0.5) is 8.78 Å². The molecule has 1 aromatic carbocycles. The average Bonchev–Trinajstić information content (AvgIpc) is 2.75. The molecule has 2 N–H and O–H groups in total. The second kappa shape index (κ2) is 3.03. The van der Waals surface area contributed by atoms with E-state index in [1.807, 2.05) is 0 Å². The Kier molecular flexibility index (Phi) is 2.12. The van der Waals surface area contributed by atoms with Crippen molar-refractivity contribution in [3.05, 3.63) is 33.8 Å². The summed E-state index contributed by atoms with van der Waals surface area (Å²) in [6, 6.07) is 2.47. The van der Waals surface area contributed by atoms with Crippen molar-refractivity contribution in [2.75, 3.05) is 0 Å². The quantitative estimate of drug-likeness (QED) is 0.759. The molecule has 2 rings (SSSR count). The Morgan fingerprint density at radius 2 is 1.85 bits per heavy atom. The number of hydrogen-bond acceptors (Lipinski definition) is 1. The number of hydrogen-bond donors (Lipinski definition) is 1. The topological polar surface area (TPSA) is 26.0 Å². The molecule has 0 aliphatic heterocycles. The summed E-state index contributed by atoms with van der Waals surface area (Å²) < 4.78 is 26.1. The maximum absolute atomic E-state index is 12.8. The highest BCUT2D eigenvalue weighted by atomic mass is 79.9. The highest BCUT2D eigenvalue weighted by Gasteiger charge is 2.36. The highest BCUT2D eigenvalue weighted by Crippen LogP contribution is 2.42. The van der Waals surface area contributed by atoms with E-state index in [9.17, 15) is 8.78 Å². The second-order valence-electron chi connectivity index (χ2n) is 3.29. The normalized spacial score (nSPS) is 26.2. The van der Waals surface area contributed by atoms with E-state index in [-0.39, 0.29) is 12.0 Å². The minimum atomic E-state index is -0.829. The zero-order chi connectivity index (χ0) is 9.59. The zero-order valence-electron chi connectivity index (χ0n) is 6.73. The van der Waals surface area contributed by atoms with E-state index >= 15 is 0 Å². The van der Waals surface area contributed by atoms with E-state index in [2.05, 4.69) is 15.9 Å². The van der Waals surface area contributed by atoms with Crippen LogP contribution < -0.4 is 5.73 Å². The minimum Gasteiger partial charge on any atom is -0.327 e. The largest absolute Gasteiger partial charge is 0.327 e. The Morgan fingerprint density at radius 3 is 2.38 bits per heavy atom. The molecule has 0 saturated heterocycles. The molecule has 0 bridgehead atoms. The first-order valence-corrected chi connectivity index (χ1v) is 4.79. The molecule has 0 radical (unpaired) electrons. The van der Waals surface area contributed by atoms with Crippen LogP contribution >= 0.6 is 15.9 Å². The van der Waals surface area contributed by atoms with Gasteiger partial charge in [-0.25, -0.2) is 8.78 Å². The zero-order valence-corrected chi connectivity index (χ0v) is 8.31. The molecule has 0 heterocycles. The van der Waals surface area contributed by atoms with Crippen LogP contribution in [-0.4, -0.2) is 6.04 Å². The fraction of sp³-hybridized carbons (Fsp3) is 0.333. The van der Waals surface area contributed by atoms with Crippen LogP contribution in [0.5, 0.6) is 0 Å². The summed E-state index contributed by atoms with van der Waals surface area (Å²) >= 11 is 3.19. The van der Waals surface area contributed by atoms with Gasteiger partial charge >= 0.3 is 0 Å². The van der Waals surface area contributed by atoms with E-state index in [1.165, 1.54) is 6.07 Å². The molecular formula is C9H8BrF2N. The van der Waals surface area contributed by atoms with Crippen LogP contribution in [0, 0.1) is 11.6 Å². The first kappa shape index (κ1) is 9.09. The van der Waals surface area contributed by atoms with Gasteiger partial charge in [0.25, 0.3) is 0 Å². The predicted octanol–water partition coefficient (Wildman–Crippen LogP) is 2.54. The summed E-state index contributed by atoms with van der Waals surface area (Å²) in [5.74, 6) is -1.45. The van der Waals surface area contributed by atoms with Crippen LogP contribution in [0.1, 0.15) is 17.9 Å². The number of benzene rings is 1. The fourth-order valence-electron chi connectivity index (χ4n) is 1.39. The average molecular weight is 248 g/mol. The number of halogens is 3. The predicted molar refractivity (Wildman–Crippen MR) is 49.4 cm³/mol. The summed E-state index contributed by atoms with van der Waals surface area (Å²) in [6.45, 7) is 0. The maximum atomic E-state index is 12.8. The van der Waals surface area contributed by atoms with Gasteiger partial charge in [-0.15, -0.1) is 0 Å². The Morgan fingerprint density at radius 1 is 1.31 bits per heavy atom. The van der Waals surface area contributed by atoms with Gasteiger partial charge in [0.1, 0.15) is 0 Å². The minimum absolute atomic E-state index is 0.0983.